The molecule has 0 bridgehead atoms. The first-order valence-corrected chi connectivity index (χ1v) is 77.4. The second kappa shape index (κ2) is 54.0. The number of aryl methyl sites for hydroxylation is 8. The van der Waals surface area contributed by atoms with Gasteiger partial charge in [-0.25, -0.2) is 9.97 Å². The number of fused-ring (bicyclic) bond motifs is 2. The predicted molar refractivity (Wildman–Crippen MR) is 571 cm³/mol. The third-order valence-electron chi connectivity index (χ3n) is 22.3. The van der Waals surface area contributed by atoms with Crippen LogP contribution in [0.3, 0.4) is 0 Å². The molecule has 22 heteroatoms. The molecular formula is C99H144Br2N4O2S12Sn2. The molecule has 121 heavy (non-hydrogen) atoms. The van der Waals surface area contributed by atoms with E-state index < -0.39 is 36.8 Å². The Morgan fingerprint density at radius 3 is 1.01 bits per heavy atom. The van der Waals surface area contributed by atoms with Crippen LogP contribution in [0.2, 0.25) is 29.6 Å². The molecule has 0 saturated heterocycles. The zero-order valence-corrected chi connectivity index (χ0v) is 94.3. The molecule has 12 aromatic heterocycles. The maximum atomic E-state index is 6.39. The summed E-state index contributed by atoms with van der Waals surface area (Å²) in [6, 6.07) is 19.3. The Morgan fingerprint density at radius 2 is 0.587 bits per heavy atom. The van der Waals surface area contributed by atoms with E-state index in [1.807, 2.05) is 79.4 Å². The van der Waals surface area contributed by atoms with Crippen molar-refractivity contribution in [2.75, 3.05) is 13.2 Å². The zero-order chi connectivity index (χ0) is 85.6. The molecule has 12 heterocycles. The number of halogens is 2. The van der Waals surface area contributed by atoms with E-state index >= 15 is 0 Å². The summed E-state index contributed by atoms with van der Waals surface area (Å²) in [6.45, 7) is 24.3. The fourth-order valence-electron chi connectivity index (χ4n) is 15.0. The summed E-state index contributed by atoms with van der Waals surface area (Å²) in [5.74, 6) is 2.04. The number of aromatic nitrogens is 4. The fraction of sp³-hybridized carbons (Fsp3) is 0.596. The van der Waals surface area contributed by atoms with Crippen LogP contribution in [0.1, 0.15) is 323 Å². The van der Waals surface area contributed by atoms with Crippen molar-refractivity contribution in [3.63, 3.8) is 0 Å². The quantitative estimate of drug-likeness (QED) is 0.0279. The summed E-state index contributed by atoms with van der Waals surface area (Å²) in [7, 11) is 0. The van der Waals surface area contributed by atoms with E-state index in [1.165, 1.54) is 327 Å². The number of unbranched alkanes of at least 4 members (excludes halogenated alkanes) is 30. The van der Waals surface area contributed by atoms with Gasteiger partial charge in [-0.15, -0.1) is 68.0 Å². The number of thiazole rings is 4. The van der Waals surface area contributed by atoms with E-state index in [2.05, 4.69) is 179 Å². The van der Waals surface area contributed by atoms with Crippen molar-refractivity contribution in [3.05, 3.63) is 99.2 Å². The normalized spacial score (nSPS) is 11.9. The van der Waals surface area contributed by atoms with Crippen LogP contribution in [-0.2, 0) is 25.7 Å². The Balaban J connectivity index is 0.000000220. The third kappa shape index (κ3) is 32.1. The molecule has 0 fully saturated rings. The van der Waals surface area contributed by atoms with Gasteiger partial charge < -0.3 is 4.74 Å². The van der Waals surface area contributed by atoms with Crippen LogP contribution in [0, 0.1) is 27.7 Å². The van der Waals surface area contributed by atoms with Crippen LogP contribution in [0.15, 0.2) is 56.1 Å². The smallest absolute Gasteiger partial charge is 0.155 e. The first-order chi connectivity index (χ1) is 58.0. The predicted octanol–water partition coefficient (Wildman–Crippen LogP) is 38.9. The van der Waals surface area contributed by atoms with Crippen LogP contribution < -0.4 is 15.3 Å². The molecule has 12 rings (SSSR count). The molecule has 0 unspecified atom stereocenters. The van der Waals surface area contributed by atoms with Gasteiger partial charge in [-0.2, -0.15) is 0 Å². The number of ether oxygens (including phenoxy) is 2. The second-order valence-electron chi connectivity index (χ2n) is 35.2. The monoisotopic (exact) mass is 2200 g/mol. The molecule has 0 aliphatic heterocycles. The Kier molecular flexibility index (Phi) is 46.2. The minimum Gasteiger partial charge on any atom is -0.492 e. The SMILES string of the molecule is C.CCCCCCCCOc1c[c]([Sn]([CH3])([CH3])[CH3])sc1-c1nc2sc(-c3s[c]([Sn]([CH3])([CH3])[CH3])cc3C)nc2s1.CCCCCCCCOc1cc(C)sc1-c1nc2sc(-c3sc(-c4sc(-c5cc(CCCCCCCC)c(C)s5)cc4CCCCCCCC)cc3C)nc2s1.CCCCCCCCc1cc(-c2cc(CCCCCCCC)c(Br)s2)sc1Br. The van der Waals surface area contributed by atoms with E-state index in [-0.39, 0.29) is 7.43 Å². The van der Waals surface area contributed by atoms with Crippen molar-refractivity contribution in [2.24, 2.45) is 0 Å². The van der Waals surface area contributed by atoms with Gasteiger partial charge in [0.05, 0.1) is 19.1 Å². The molecule has 0 aliphatic rings. The third-order valence-corrected chi connectivity index (χ3v) is 57.2. The second-order valence-corrected chi connectivity index (χ2v) is 81.4. The summed E-state index contributed by atoms with van der Waals surface area (Å²) >= 11 is 25.7. The number of nitrogens with zero attached hydrogens (tertiary/aromatic N) is 4. The first kappa shape index (κ1) is 104. The van der Waals surface area contributed by atoms with Crippen LogP contribution in [0.25, 0.3) is 88.1 Å². The topological polar surface area (TPSA) is 70.0 Å². The molecular weight excluding hydrogens is 2060 g/mol. The van der Waals surface area contributed by atoms with Crippen molar-refractivity contribution < 1.29 is 9.47 Å². The summed E-state index contributed by atoms with van der Waals surface area (Å²) in [5, 5.41) is 4.35. The summed E-state index contributed by atoms with van der Waals surface area (Å²) in [6.07, 6.45) is 52.6. The van der Waals surface area contributed by atoms with Gasteiger partial charge in [0.15, 0.2) is 9.66 Å². The summed E-state index contributed by atoms with van der Waals surface area (Å²) < 4.78 is 18.6. The molecule has 0 amide bonds. The minimum absolute atomic E-state index is 0. The molecule has 12 aromatic rings. The van der Waals surface area contributed by atoms with E-state index in [9.17, 15) is 0 Å². The van der Waals surface area contributed by atoms with E-state index in [0.717, 1.165) is 88.2 Å². The van der Waals surface area contributed by atoms with E-state index in [0.29, 0.717) is 0 Å². The maximum absolute atomic E-state index is 6.39. The summed E-state index contributed by atoms with van der Waals surface area (Å²) in [5.41, 5.74) is 8.78. The zero-order valence-electron chi connectivity index (χ0n) is 75.6. The Hall–Kier alpha value is -1.20. The van der Waals surface area contributed by atoms with Crippen molar-refractivity contribution in [1.29, 1.82) is 0 Å². The van der Waals surface area contributed by atoms with Gasteiger partial charge in [-0.3, -0.25) is 0 Å². The van der Waals surface area contributed by atoms with Gasteiger partial charge >= 0.3 is 244 Å². The molecule has 666 valence electrons. The van der Waals surface area contributed by atoms with E-state index in [4.69, 9.17) is 29.4 Å². The summed E-state index contributed by atoms with van der Waals surface area (Å²) in [4.78, 5) is 56.0. The maximum Gasteiger partial charge on any atom is 0.155 e. The van der Waals surface area contributed by atoms with Crippen LogP contribution in [-0.4, -0.2) is 69.9 Å². The van der Waals surface area contributed by atoms with E-state index in [1.54, 1.807) is 68.0 Å². The van der Waals surface area contributed by atoms with Gasteiger partial charge in [-0.05, 0) is 175 Å². The Labute approximate surface area is 805 Å². The molecule has 6 nitrogen and oxygen atoms in total. The standard InChI is InChI=1S/C47H64N2OS6.C24H36Br2S2.C21H22N2OS4.CH4.6CH3.2Sn/c1-7-10-13-16-19-22-25-35-30-38(52-34(35)6)39-31-36(26-23-20-17-14-11-8-2)42(53-39)40-28-32(4)41(54-40)44-48-46-47(55-44)49-45(56-46)43-37(29-33(5)51-43)50-27-24-21-18-15-12-9-3;1-3-5-7-9-11-13-15-19-17-21(27-23(19)25)22-18-20(24(26)28-22)16-14-12-10-8-6-4-2;1-3-4-5-6-7-8-11-24-15-10-13-26-17(15)19-23-21-20(28-19)22-18(27-21)16-14(2)9-12-25-16;;;;;;;;;/h28-31H,7-27H2,1-6H3;17-18H,3-16H2,1-2H3;9-10H,3-8,11H2,1-2H3;1H4;6*1H3;;. The number of hydrogen-bond donors (Lipinski definition) is 0. The van der Waals surface area contributed by atoms with Crippen LogP contribution in [0.5, 0.6) is 11.5 Å². The van der Waals surface area contributed by atoms with Crippen molar-refractivity contribution >= 4 is 230 Å². The molecule has 0 aliphatic carbocycles. The number of thiophene rings is 8. The molecule has 0 spiro atoms. The van der Waals surface area contributed by atoms with Crippen LogP contribution in [0.4, 0.5) is 0 Å². The first-order valence-electron chi connectivity index (χ1n) is 46.1. The molecule has 0 radical (unpaired) electrons. The molecule has 0 atom stereocenters. The fourth-order valence-corrected chi connectivity index (χ4v) is 40.6. The van der Waals surface area contributed by atoms with Gasteiger partial charge in [-0.1, -0.05) is 225 Å². The van der Waals surface area contributed by atoms with Gasteiger partial charge in [0.1, 0.15) is 20.6 Å². The van der Waals surface area contributed by atoms with Gasteiger partial charge in [0.25, 0.3) is 0 Å². The van der Waals surface area contributed by atoms with Crippen molar-refractivity contribution in [3.8, 4) is 80.3 Å². The van der Waals surface area contributed by atoms with Crippen molar-refractivity contribution in [2.45, 2.75) is 363 Å². The number of rotatable bonds is 53. The number of hydrogen-bond acceptors (Lipinski definition) is 18. The largest absolute Gasteiger partial charge is 0.492 e. The van der Waals surface area contributed by atoms with Gasteiger partial charge in [0, 0.05) is 39.0 Å². The molecule has 0 aromatic carbocycles. The average Bonchev–Trinajstić information content (AvgIpc) is 1.62. The molecule has 0 saturated carbocycles. The average molecular weight is 2200 g/mol. The van der Waals surface area contributed by atoms with Crippen LogP contribution >= 0.6 is 168 Å². The van der Waals surface area contributed by atoms with Crippen molar-refractivity contribution in [1.82, 2.24) is 19.9 Å². The Morgan fingerprint density at radius 1 is 0.281 bits per heavy atom. The Bertz CT molecular complexity index is 4850. The van der Waals surface area contributed by atoms with Gasteiger partial charge in [0.2, 0.25) is 0 Å². The minimum atomic E-state index is -2.21. The molecule has 0 N–H and O–H groups in total.